The minimum Gasteiger partial charge on any atom is -0.508 e. The smallest absolute Gasteiger partial charge is 0.251 e. The maximum atomic E-state index is 12.0. The standard InChI is InChI=1S/C15H16N2O2/c1-10-6-7-12(9-14(10)18)15(19)17-11(2)13-5-3-4-8-16-13/h3-9,11,18H,1-2H3,(H,17,19). The van der Waals surface area contributed by atoms with Crippen LogP contribution in [-0.2, 0) is 0 Å². The molecule has 2 aromatic rings. The molecule has 0 aliphatic rings. The van der Waals surface area contributed by atoms with E-state index in [4.69, 9.17) is 0 Å². The number of amides is 1. The van der Waals surface area contributed by atoms with Crippen molar-refractivity contribution in [1.82, 2.24) is 10.3 Å². The van der Waals surface area contributed by atoms with Gasteiger partial charge in [0, 0.05) is 11.8 Å². The molecule has 0 saturated carbocycles. The third-order valence-electron chi connectivity index (χ3n) is 2.95. The summed E-state index contributed by atoms with van der Waals surface area (Å²) in [6.45, 7) is 3.65. The molecule has 98 valence electrons. The van der Waals surface area contributed by atoms with E-state index in [9.17, 15) is 9.90 Å². The van der Waals surface area contributed by atoms with E-state index in [-0.39, 0.29) is 17.7 Å². The number of aromatic nitrogens is 1. The zero-order valence-corrected chi connectivity index (χ0v) is 10.9. The topological polar surface area (TPSA) is 62.2 Å². The molecule has 0 spiro atoms. The fraction of sp³-hybridized carbons (Fsp3) is 0.200. The maximum absolute atomic E-state index is 12.0. The van der Waals surface area contributed by atoms with E-state index in [1.165, 1.54) is 6.07 Å². The number of phenols is 1. The summed E-state index contributed by atoms with van der Waals surface area (Å²) in [5.41, 5.74) is 1.98. The molecule has 0 fully saturated rings. The van der Waals surface area contributed by atoms with Gasteiger partial charge in [0.15, 0.2) is 0 Å². The number of aryl methyl sites for hydroxylation is 1. The van der Waals surface area contributed by atoms with Crippen molar-refractivity contribution in [2.24, 2.45) is 0 Å². The molecule has 1 atom stereocenters. The highest BCUT2D eigenvalue weighted by molar-refractivity contribution is 5.94. The van der Waals surface area contributed by atoms with Crippen LogP contribution in [0.2, 0.25) is 0 Å². The van der Waals surface area contributed by atoms with E-state index in [1.807, 2.05) is 25.1 Å². The minimum atomic E-state index is -0.228. The number of rotatable bonds is 3. The van der Waals surface area contributed by atoms with Gasteiger partial charge in [-0.15, -0.1) is 0 Å². The summed E-state index contributed by atoms with van der Waals surface area (Å²) in [6.07, 6.45) is 1.69. The fourth-order valence-electron chi connectivity index (χ4n) is 1.74. The largest absolute Gasteiger partial charge is 0.508 e. The molecule has 1 amide bonds. The molecule has 0 saturated heterocycles. The number of carbonyl (C=O) groups excluding carboxylic acids is 1. The van der Waals surface area contributed by atoms with Crippen LogP contribution in [0.25, 0.3) is 0 Å². The lowest BCUT2D eigenvalue weighted by atomic mass is 10.1. The summed E-state index contributed by atoms with van der Waals surface area (Å²) >= 11 is 0. The molecule has 0 bridgehead atoms. The Bertz CT molecular complexity index is 582. The number of hydrogen-bond donors (Lipinski definition) is 2. The van der Waals surface area contributed by atoms with Gasteiger partial charge in [0.2, 0.25) is 0 Å². The van der Waals surface area contributed by atoms with E-state index in [0.29, 0.717) is 5.56 Å². The van der Waals surface area contributed by atoms with Crippen molar-refractivity contribution < 1.29 is 9.90 Å². The Morgan fingerprint density at radius 3 is 2.74 bits per heavy atom. The zero-order chi connectivity index (χ0) is 13.8. The normalized spacial score (nSPS) is 11.9. The SMILES string of the molecule is Cc1ccc(C(=O)NC(C)c2ccccn2)cc1O. The van der Waals surface area contributed by atoms with E-state index in [2.05, 4.69) is 10.3 Å². The summed E-state index contributed by atoms with van der Waals surface area (Å²) in [7, 11) is 0. The fourth-order valence-corrected chi connectivity index (χ4v) is 1.74. The Morgan fingerprint density at radius 1 is 1.32 bits per heavy atom. The second-order valence-electron chi connectivity index (χ2n) is 4.45. The first-order chi connectivity index (χ1) is 9.08. The molecular formula is C15H16N2O2. The molecule has 2 N–H and O–H groups in total. The second-order valence-corrected chi connectivity index (χ2v) is 4.45. The number of nitrogens with one attached hydrogen (secondary N) is 1. The van der Waals surface area contributed by atoms with Crippen LogP contribution in [0.15, 0.2) is 42.6 Å². The first kappa shape index (κ1) is 13.1. The summed E-state index contributed by atoms with van der Waals surface area (Å²) in [6, 6.07) is 10.3. The third-order valence-corrected chi connectivity index (χ3v) is 2.95. The van der Waals surface area contributed by atoms with Crippen LogP contribution in [0.1, 0.15) is 34.6 Å². The highest BCUT2D eigenvalue weighted by atomic mass is 16.3. The van der Waals surface area contributed by atoms with Gasteiger partial charge in [-0.1, -0.05) is 12.1 Å². The zero-order valence-electron chi connectivity index (χ0n) is 10.9. The number of carbonyl (C=O) groups is 1. The number of phenolic OH excluding ortho intramolecular Hbond substituents is 1. The van der Waals surface area contributed by atoms with Crippen molar-refractivity contribution in [3.8, 4) is 5.75 Å². The molecule has 1 heterocycles. The Hall–Kier alpha value is -2.36. The maximum Gasteiger partial charge on any atom is 0.251 e. The number of nitrogens with zero attached hydrogens (tertiary/aromatic N) is 1. The van der Waals surface area contributed by atoms with Crippen molar-refractivity contribution in [1.29, 1.82) is 0 Å². The molecule has 4 heteroatoms. The van der Waals surface area contributed by atoms with E-state index in [1.54, 1.807) is 25.3 Å². The lowest BCUT2D eigenvalue weighted by Crippen LogP contribution is -2.27. The van der Waals surface area contributed by atoms with Gasteiger partial charge in [0.25, 0.3) is 5.91 Å². The van der Waals surface area contributed by atoms with Crippen LogP contribution in [0.3, 0.4) is 0 Å². The van der Waals surface area contributed by atoms with Crippen molar-refractivity contribution in [3.63, 3.8) is 0 Å². The highest BCUT2D eigenvalue weighted by Crippen LogP contribution is 2.18. The van der Waals surface area contributed by atoms with Crippen molar-refractivity contribution in [3.05, 3.63) is 59.4 Å². The lowest BCUT2D eigenvalue weighted by molar-refractivity contribution is 0.0938. The molecule has 1 aromatic carbocycles. The number of pyridine rings is 1. The third kappa shape index (κ3) is 3.10. The van der Waals surface area contributed by atoms with Gasteiger partial charge < -0.3 is 10.4 Å². The van der Waals surface area contributed by atoms with Gasteiger partial charge in [-0.25, -0.2) is 0 Å². The van der Waals surface area contributed by atoms with Gasteiger partial charge in [-0.05, 0) is 43.7 Å². The van der Waals surface area contributed by atoms with Gasteiger partial charge >= 0.3 is 0 Å². The second kappa shape index (κ2) is 5.52. The first-order valence-corrected chi connectivity index (χ1v) is 6.09. The van der Waals surface area contributed by atoms with Gasteiger partial charge in [0.1, 0.15) is 5.75 Å². The van der Waals surface area contributed by atoms with Crippen LogP contribution < -0.4 is 5.32 Å². The molecular weight excluding hydrogens is 240 g/mol. The van der Waals surface area contributed by atoms with Gasteiger partial charge in [0.05, 0.1) is 11.7 Å². The van der Waals surface area contributed by atoms with E-state index in [0.717, 1.165) is 11.3 Å². The highest BCUT2D eigenvalue weighted by Gasteiger charge is 2.12. The predicted octanol–water partition coefficient (Wildman–Crippen LogP) is 2.59. The van der Waals surface area contributed by atoms with Gasteiger partial charge in [-0.2, -0.15) is 0 Å². The van der Waals surface area contributed by atoms with E-state index < -0.39 is 0 Å². The molecule has 1 aromatic heterocycles. The number of benzene rings is 1. The molecule has 0 radical (unpaired) electrons. The number of aromatic hydroxyl groups is 1. The summed E-state index contributed by atoms with van der Waals surface area (Å²) in [5, 5.41) is 12.5. The molecule has 19 heavy (non-hydrogen) atoms. The summed E-state index contributed by atoms with van der Waals surface area (Å²) < 4.78 is 0. The van der Waals surface area contributed by atoms with Gasteiger partial charge in [-0.3, -0.25) is 9.78 Å². The Labute approximate surface area is 112 Å². The molecule has 0 aliphatic heterocycles. The lowest BCUT2D eigenvalue weighted by Gasteiger charge is -2.13. The Morgan fingerprint density at radius 2 is 2.11 bits per heavy atom. The van der Waals surface area contributed by atoms with Crippen LogP contribution >= 0.6 is 0 Å². The van der Waals surface area contributed by atoms with E-state index >= 15 is 0 Å². The minimum absolute atomic E-state index is 0.123. The van der Waals surface area contributed by atoms with Crippen molar-refractivity contribution >= 4 is 5.91 Å². The molecule has 0 aliphatic carbocycles. The van der Waals surface area contributed by atoms with Crippen LogP contribution in [0.4, 0.5) is 0 Å². The van der Waals surface area contributed by atoms with Crippen LogP contribution in [-0.4, -0.2) is 16.0 Å². The molecule has 4 nitrogen and oxygen atoms in total. The van der Waals surface area contributed by atoms with Crippen LogP contribution in [0.5, 0.6) is 5.75 Å². The summed E-state index contributed by atoms with van der Waals surface area (Å²) in [5.74, 6) is -0.105. The first-order valence-electron chi connectivity index (χ1n) is 6.09. The monoisotopic (exact) mass is 256 g/mol. The number of hydrogen-bond acceptors (Lipinski definition) is 3. The van der Waals surface area contributed by atoms with Crippen molar-refractivity contribution in [2.45, 2.75) is 19.9 Å². The average molecular weight is 256 g/mol. The van der Waals surface area contributed by atoms with Crippen LogP contribution in [0, 0.1) is 6.92 Å². The average Bonchev–Trinajstić information content (AvgIpc) is 2.42. The van der Waals surface area contributed by atoms with Crippen molar-refractivity contribution in [2.75, 3.05) is 0 Å². The quantitative estimate of drug-likeness (QED) is 0.887. The molecule has 1 unspecified atom stereocenters. The predicted molar refractivity (Wildman–Crippen MR) is 73.0 cm³/mol. The Balaban J connectivity index is 2.11. The Kier molecular flexibility index (Phi) is 3.80. The summed E-state index contributed by atoms with van der Waals surface area (Å²) in [4.78, 5) is 16.2. The molecule has 2 rings (SSSR count).